The van der Waals surface area contributed by atoms with Gasteiger partial charge in [-0.25, -0.2) is 0 Å². The number of rotatable bonds is 9. The first-order valence-electron chi connectivity index (χ1n) is 5.97. The molecule has 0 aliphatic rings. The molecule has 0 bridgehead atoms. The minimum atomic E-state index is 0.287. The smallest absolute Gasteiger partial charge is 0.0624 e. The summed E-state index contributed by atoms with van der Waals surface area (Å²) in [7, 11) is 1.75. The minimum absolute atomic E-state index is 0.287. The van der Waals surface area contributed by atoms with Gasteiger partial charge in [0.25, 0.3) is 0 Å². The molecule has 15 heavy (non-hydrogen) atoms. The van der Waals surface area contributed by atoms with Gasteiger partial charge < -0.3 is 14.8 Å². The highest BCUT2D eigenvalue weighted by molar-refractivity contribution is 4.69. The van der Waals surface area contributed by atoms with E-state index in [1.807, 2.05) is 0 Å². The highest BCUT2D eigenvalue weighted by Gasteiger charge is 2.12. The summed E-state index contributed by atoms with van der Waals surface area (Å²) in [6, 6.07) is 0.405. The van der Waals surface area contributed by atoms with Crippen molar-refractivity contribution in [3.05, 3.63) is 0 Å². The molecule has 0 aromatic carbocycles. The van der Waals surface area contributed by atoms with Crippen molar-refractivity contribution in [1.82, 2.24) is 5.32 Å². The van der Waals surface area contributed by atoms with Crippen molar-refractivity contribution in [2.45, 2.75) is 58.8 Å². The Kier molecular flexibility index (Phi) is 9.06. The van der Waals surface area contributed by atoms with E-state index in [4.69, 9.17) is 9.47 Å². The topological polar surface area (TPSA) is 30.5 Å². The van der Waals surface area contributed by atoms with Crippen LogP contribution in [0.25, 0.3) is 0 Å². The number of nitrogens with one attached hydrogen (secondary N) is 1. The van der Waals surface area contributed by atoms with Gasteiger partial charge in [0, 0.05) is 13.2 Å². The van der Waals surface area contributed by atoms with E-state index < -0.39 is 0 Å². The fourth-order valence-electron chi connectivity index (χ4n) is 1.36. The van der Waals surface area contributed by atoms with Crippen LogP contribution < -0.4 is 5.32 Å². The van der Waals surface area contributed by atoms with Crippen LogP contribution in [0.3, 0.4) is 0 Å². The SMILES string of the molecule is CCCNC(COC(C)C)CC(C)OC. The van der Waals surface area contributed by atoms with Crippen LogP contribution in [0.1, 0.15) is 40.5 Å². The highest BCUT2D eigenvalue weighted by Crippen LogP contribution is 2.03. The molecule has 0 aliphatic heterocycles. The highest BCUT2D eigenvalue weighted by atomic mass is 16.5. The summed E-state index contributed by atoms with van der Waals surface area (Å²) in [4.78, 5) is 0. The second-order valence-corrected chi connectivity index (χ2v) is 4.32. The fraction of sp³-hybridized carbons (Fsp3) is 1.00. The van der Waals surface area contributed by atoms with Gasteiger partial charge in [0.1, 0.15) is 0 Å². The summed E-state index contributed by atoms with van der Waals surface area (Å²) in [6.45, 7) is 10.2. The Morgan fingerprint density at radius 2 is 1.87 bits per heavy atom. The van der Waals surface area contributed by atoms with Crippen LogP contribution in [0.2, 0.25) is 0 Å². The predicted octanol–water partition coefficient (Wildman–Crippen LogP) is 2.20. The molecule has 0 spiro atoms. The maximum atomic E-state index is 5.63. The van der Waals surface area contributed by atoms with E-state index >= 15 is 0 Å². The lowest BCUT2D eigenvalue weighted by Crippen LogP contribution is -2.37. The van der Waals surface area contributed by atoms with Crippen LogP contribution in [0.5, 0.6) is 0 Å². The van der Waals surface area contributed by atoms with Crippen LogP contribution in [0.15, 0.2) is 0 Å². The summed E-state index contributed by atoms with van der Waals surface area (Å²) in [5.41, 5.74) is 0. The van der Waals surface area contributed by atoms with Crippen LogP contribution in [-0.2, 0) is 9.47 Å². The van der Waals surface area contributed by atoms with Crippen molar-refractivity contribution in [3.8, 4) is 0 Å². The number of ether oxygens (including phenoxy) is 2. The molecule has 0 aromatic heterocycles. The van der Waals surface area contributed by atoms with E-state index in [-0.39, 0.29) is 6.10 Å². The van der Waals surface area contributed by atoms with Crippen LogP contribution >= 0.6 is 0 Å². The molecule has 0 rings (SSSR count). The Labute approximate surface area is 94.5 Å². The van der Waals surface area contributed by atoms with Crippen molar-refractivity contribution in [1.29, 1.82) is 0 Å². The van der Waals surface area contributed by atoms with Gasteiger partial charge in [-0.15, -0.1) is 0 Å². The second kappa shape index (κ2) is 9.13. The van der Waals surface area contributed by atoms with Crippen LogP contribution in [0, 0.1) is 0 Å². The van der Waals surface area contributed by atoms with Gasteiger partial charge in [-0.2, -0.15) is 0 Å². The van der Waals surface area contributed by atoms with E-state index in [0.717, 1.165) is 26.0 Å². The maximum absolute atomic E-state index is 5.63. The van der Waals surface area contributed by atoms with Crippen molar-refractivity contribution < 1.29 is 9.47 Å². The molecular weight excluding hydrogens is 190 g/mol. The van der Waals surface area contributed by atoms with Crippen LogP contribution in [-0.4, -0.2) is 38.5 Å². The number of methoxy groups -OCH3 is 1. The molecule has 0 radical (unpaired) electrons. The minimum Gasteiger partial charge on any atom is -0.382 e. The van der Waals surface area contributed by atoms with Crippen LogP contribution in [0.4, 0.5) is 0 Å². The predicted molar refractivity (Wildman–Crippen MR) is 64.3 cm³/mol. The van der Waals surface area contributed by atoms with Crippen molar-refractivity contribution in [2.75, 3.05) is 20.3 Å². The largest absolute Gasteiger partial charge is 0.382 e. The number of hydrogen-bond acceptors (Lipinski definition) is 3. The summed E-state index contributed by atoms with van der Waals surface area (Å²) in [6.07, 6.45) is 2.74. The third kappa shape index (κ3) is 8.85. The average molecular weight is 217 g/mol. The Bertz CT molecular complexity index is 140. The first-order chi connectivity index (χ1) is 7.10. The van der Waals surface area contributed by atoms with E-state index in [2.05, 4.69) is 33.0 Å². The second-order valence-electron chi connectivity index (χ2n) is 4.32. The molecule has 0 fully saturated rings. The molecular formula is C12H27NO2. The van der Waals surface area contributed by atoms with Crippen molar-refractivity contribution >= 4 is 0 Å². The lowest BCUT2D eigenvalue weighted by atomic mass is 10.1. The molecule has 0 heterocycles. The molecule has 1 N–H and O–H groups in total. The van der Waals surface area contributed by atoms with Gasteiger partial charge >= 0.3 is 0 Å². The standard InChI is InChI=1S/C12H27NO2/c1-6-7-13-12(8-11(4)14-5)9-15-10(2)3/h10-13H,6-9H2,1-5H3. The Morgan fingerprint density at radius 1 is 1.20 bits per heavy atom. The van der Waals surface area contributed by atoms with E-state index in [0.29, 0.717) is 12.1 Å². The Balaban J connectivity index is 3.83. The summed E-state index contributed by atoms with van der Waals surface area (Å²) < 4.78 is 10.9. The molecule has 0 amide bonds. The molecule has 0 aliphatic carbocycles. The van der Waals surface area contributed by atoms with Gasteiger partial charge in [0.15, 0.2) is 0 Å². The van der Waals surface area contributed by atoms with E-state index in [1.54, 1.807) is 7.11 Å². The Morgan fingerprint density at radius 3 is 2.33 bits per heavy atom. The van der Waals surface area contributed by atoms with E-state index in [9.17, 15) is 0 Å². The molecule has 0 saturated heterocycles. The molecule has 3 heteroatoms. The summed E-state index contributed by atoms with van der Waals surface area (Å²) >= 11 is 0. The first kappa shape index (κ1) is 14.9. The zero-order valence-corrected chi connectivity index (χ0v) is 10.9. The average Bonchev–Trinajstić information content (AvgIpc) is 2.21. The summed E-state index contributed by atoms with van der Waals surface area (Å²) in [5, 5.41) is 3.48. The zero-order valence-electron chi connectivity index (χ0n) is 10.9. The lowest BCUT2D eigenvalue weighted by Gasteiger charge is -2.22. The maximum Gasteiger partial charge on any atom is 0.0624 e. The van der Waals surface area contributed by atoms with Gasteiger partial charge in [-0.05, 0) is 40.2 Å². The number of hydrogen-bond donors (Lipinski definition) is 1. The Hall–Kier alpha value is -0.120. The zero-order chi connectivity index (χ0) is 11.7. The van der Waals surface area contributed by atoms with Crippen molar-refractivity contribution in [3.63, 3.8) is 0 Å². The summed E-state index contributed by atoms with van der Waals surface area (Å²) in [5.74, 6) is 0. The monoisotopic (exact) mass is 217 g/mol. The van der Waals surface area contributed by atoms with Crippen molar-refractivity contribution in [2.24, 2.45) is 0 Å². The van der Waals surface area contributed by atoms with Gasteiger partial charge in [0.2, 0.25) is 0 Å². The quantitative estimate of drug-likeness (QED) is 0.642. The fourth-order valence-corrected chi connectivity index (χ4v) is 1.36. The lowest BCUT2D eigenvalue weighted by molar-refractivity contribution is 0.0389. The van der Waals surface area contributed by atoms with Gasteiger partial charge in [-0.3, -0.25) is 0 Å². The molecule has 92 valence electrons. The normalized spacial score (nSPS) is 15.6. The van der Waals surface area contributed by atoms with Gasteiger partial charge in [0.05, 0.1) is 18.8 Å². The molecule has 0 aromatic rings. The molecule has 0 saturated carbocycles. The third-order valence-corrected chi connectivity index (χ3v) is 2.33. The molecule has 2 unspecified atom stereocenters. The molecule has 3 nitrogen and oxygen atoms in total. The van der Waals surface area contributed by atoms with E-state index in [1.165, 1.54) is 0 Å². The van der Waals surface area contributed by atoms with Gasteiger partial charge in [-0.1, -0.05) is 6.92 Å². The third-order valence-electron chi connectivity index (χ3n) is 2.33. The molecule has 2 atom stereocenters. The first-order valence-corrected chi connectivity index (χ1v) is 5.97.